The first-order chi connectivity index (χ1) is 9.20. The number of amides is 2. The van der Waals surface area contributed by atoms with Crippen molar-refractivity contribution in [3.63, 3.8) is 0 Å². The van der Waals surface area contributed by atoms with Gasteiger partial charge in [0, 0.05) is 19.0 Å². The highest BCUT2D eigenvalue weighted by molar-refractivity contribution is 5.80. The van der Waals surface area contributed by atoms with Gasteiger partial charge < -0.3 is 4.90 Å². The highest BCUT2D eigenvalue weighted by Gasteiger charge is 2.27. The van der Waals surface area contributed by atoms with Crippen LogP contribution in [0.15, 0.2) is 0 Å². The van der Waals surface area contributed by atoms with Gasteiger partial charge in [-0.15, -0.1) is 0 Å². The first kappa shape index (κ1) is 14.3. The van der Waals surface area contributed by atoms with Gasteiger partial charge in [-0.2, -0.15) is 0 Å². The maximum atomic E-state index is 12.2. The quantitative estimate of drug-likeness (QED) is 0.418. The van der Waals surface area contributed by atoms with E-state index in [1.54, 1.807) is 0 Å². The summed E-state index contributed by atoms with van der Waals surface area (Å²) in [6.45, 7) is 3.96. The number of rotatable bonds is 3. The van der Waals surface area contributed by atoms with Gasteiger partial charge in [0.2, 0.25) is 11.8 Å². The van der Waals surface area contributed by atoms with E-state index in [-0.39, 0.29) is 17.7 Å². The molecule has 0 aromatic carbocycles. The zero-order valence-corrected chi connectivity index (χ0v) is 11.4. The SMILES string of the molecule is NNC(=O)C1CCN(C(=O)CN2CCCCC2)CC1. The maximum absolute atomic E-state index is 12.2. The van der Waals surface area contributed by atoms with Crippen molar-refractivity contribution in [1.29, 1.82) is 0 Å². The summed E-state index contributed by atoms with van der Waals surface area (Å²) in [7, 11) is 0. The van der Waals surface area contributed by atoms with Crippen LogP contribution in [0.3, 0.4) is 0 Å². The molecule has 0 unspecified atom stereocenters. The van der Waals surface area contributed by atoms with E-state index in [1.165, 1.54) is 19.3 Å². The molecular weight excluding hydrogens is 244 g/mol. The number of hydrazine groups is 1. The first-order valence-corrected chi connectivity index (χ1v) is 7.21. The smallest absolute Gasteiger partial charge is 0.237 e. The van der Waals surface area contributed by atoms with Gasteiger partial charge >= 0.3 is 0 Å². The summed E-state index contributed by atoms with van der Waals surface area (Å²) in [5, 5.41) is 0. The summed E-state index contributed by atoms with van der Waals surface area (Å²) in [6.07, 6.45) is 5.12. The number of carbonyl (C=O) groups is 2. The average molecular weight is 268 g/mol. The highest BCUT2D eigenvalue weighted by Crippen LogP contribution is 2.17. The van der Waals surface area contributed by atoms with Gasteiger partial charge in [0.25, 0.3) is 0 Å². The van der Waals surface area contributed by atoms with Crippen molar-refractivity contribution in [3.8, 4) is 0 Å². The van der Waals surface area contributed by atoms with Gasteiger partial charge in [0.1, 0.15) is 0 Å². The Hall–Kier alpha value is -1.14. The number of carbonyl (C=O) groups excluding carboxylic acids is 2. The molecule has 2 heterocycles. The van der Waals surface area contributed by atoms with E-state index in [0.29, 0.717) is 19.6 Å². The summed E-state index contributed by atoms with van der Waals surface area (Å²) in [4.78, 5) is 27.7. The van der Waals surface area contributed by atoms with Crippen LogP contribution >= 0.6 is 0 Å². The fourth-order valence-corrected chi connectivity index (χ4v) is 2.92. The normalized spacial score (nSPS) is 22.3. The zero-order chi connectivity index (χ0) is 13.7. The molecule has 2 rings (SSSR count). The van der Waals surface area contributed by atoms with Crippen molar-refractivity contribution in [3.05, 3.63) is 0 Å². The average Bonchev–Trinajstić information content (AvgIpc) is 2.47. The summed E-state index contributed by atoms with van der Waals surface area (Å²) in [5.74, 6) is 5.19. The molecule has 3 N–H and O–H groups in total. The number of piperidine rings is 2. The van der Waals surface area contributed by atoms with Gasteiger partial charge in [-0.1, -0.05) is 6.42 Å². The lowest BCUT2D eigenvalue weighted by Crippen LogP contribution is -2.47. The second-order valence-electron chi connectivity index (χ2n) is 5.50. The largest absolute Gasteiger partial charge is 0.342 e. The van der Waals surface area contributed by atoms with Gasteiger partial charge in [0.15, 0.2) is 0 Å². The number of hydrogen-bond acceptors (Lipinski definition) is 4. The van der Waals surface area contributed by atoms with Crippen molar-refractivity contribution >= 4 is 11.8 Å². The molecule has 2 amide bonds. The molecule has 0 atom stereocenters. The Kier molecular flexibility index (Phi) is 5.15. The third-order valence-corrected chi connectivity index (χ3v) is 4.17. The molecule has 108 valence electrons. The molecule has 0 aliphatic carbocycles. The minimum Gasteiger partial charge on any atom is -0.342 e. The molecule has 0 bridgehead atoms. The molecule has 6 nitrogen and oxygen atoms in total. The molecule has 2 aliphatic rings. The third-order valence-electron chi connectivity index (χ3n) is 4.17. The molecule has 2 saturated heterocycles. The van der Waals surface area contributed by atoms with E-state index in [9.17, 15) is 9.59 Å². The molecule has 2 fully saturated rings. The molecular formula is C13H24N4O2. The standard InChI is InChI=1S/C13H24N4O2/c14-15-13(19)11-4-8-17(9-5-11)12(18)10-16-6-2-1-3-7-16/h11H,1-10,14H2,(H,15,19). The Morgan fingerprint density at radius 3 is 2.26 bits per heavy atom. The van der Waals surface area contributed by atoms with Crippen LogP contribution in [-0.4, -0.2) is 54.3 Å². The van der Waals surface area contributed by atoms with E-state index in [1.807, 2.05) is 4.90 Å². The monoisotopic (exact) mass is 268 g/mol. The summed E-state index contributed by atoms with van der Waals surface area (Å²) in [5.41, 5.74) is 2.19. The number of likely N-dealkylation sites (tertiary alicyclic amines) is 2. The Morgan fingerprint density at radius 2 is 1.68 bits per heavy atom. The van der Waals surface area contributed by atoms with Gasteiger partial charge in [-0.3, -0.25) is 19.9 Å². The Bertz CT molecular complexity index is 321. The van der Waals surface area contributed by atoms with Crippen molar-refractivity contribution < 1.29 is 9.59 Å². The van der Waals surface area contributed by atoms with E-state index in [0.717, 1.165) is 25.9 Å². The van der Waals surface area contributed by atoms with Crippen molar-refractivity contribution in [2.24, 2.45) is 11.8 Å². The van der Waals surface area contributed by atoms with Crippen molar-refractivity contribution in [2.45, 2.75) is 32.1 Å². The van der Waals surface area contributed by atoms with Crippen LogP contribution in [0, 0.1) is 5.92 Å². The highest BCUT2D eigenvalue weighted by atomic mass is 16.2. The second-order valence-corrected chi connectivity index (χ2v) is 5.50. The van der Waals surface area contributed by atoms with E-state index < -0.39 is 0 Å². The number of nitrogens with zero attached hydrogens (tertiary/aromatic N) is 2. The number of nitrogens with two attached hydrogens (primary N) is 1. The molecule has 0 aromatic rings. The lowest BCUT2D eigenvalue weighted by atomic mass is 9.96. The molecule has 0 spiro atoms. The summed E-state index contributed by atoms with van der Waals surface area (Å²) >= 11 is 0. The topological polar surface area (TPSA) is 78.7 Å². The lowest BCUT2D eigenvalue weighted by molar-refractivity contribution is -0.136. The predicted molar refractivity (Wildman–Crippen MR) is 71.9 cm³/mol. The van der Waals surface area contributed by atoms with E-state index in [2.05, 4.69) is 10.3 Å². The van der Waals surface area contributed by atoms with Crippen LogP contribution in [0.1, 0.15) is 32.1 Å². The van der Waals surface area contributed by atoms with E-state index >= 15 is 0 Å². The lowest BCUT2D eigenvalue weighted by Gasteiger charge is -2.33. The molecule has 19 heavy (non-hydrogen) atoms. The Morgan fingerprint density at radius 1 is 1.05 bits per heavy atom. The van der Waals surface area contributed by atoms with Crippen LogP contribution < -0.4 is 11.3 Å². The van der Waals surface area contributed by atoms with Gasteiger partial charge in [-0.25, -0.2) is 5.84 Å². The molecule has 0 aromatic heterocycles. The third kappa shape index (κ3) is 3.91. The number of hydrogen-bond donors (Lipinski definition) is 2. The van der Waals surface area contributed by atoms with Crippen LogP contribution in [-0.2, 0) is 9.59 Å². The van der Waals surface area contributed by atoms with Crippen molar-refractivity contribution in [2.75, 3.05) is 32.7 Å². The zero-order valence-electron chi connectivity index (χ0n) is 11.4. The summed E-state index contributed by atoms with van der Waals surface area (Å²) in [6, 6.07) is 0. The second kappa shape index (κ2) is 6.86. The summed E-state index contributed by atoms with van der Waals surface area (Å²) < 4.78 is 0. The van der Waals surface area contributed by atoms with Crippen LogP contribution in [0.25, 0.3) is 0 Å². The predicted octanol–water partition coefficient (Wildman–Crippen LogP) is -0.299. The van der Waals surface area contributed by atoms with Crippen LogP contribution in [0.2, 0.25) is 0 Å². The van der Waals surface area contributed by atoms with Crippen LogP contribution in [0.5, 0.6) is 0 Å². The molecule has 0 radical (unpaired) electrons. The van der Waals surface area contributed by atoms with Gasteiger partial charge in [-0.05, 0) is 38.8 Å². The fraction of sp³-hybridized carbons (Fsp3) is 0.846. The van der Waals surface area contributed by atoms with Crippen molar-refractivity contribution in [1.82, 2.24) is 15.2 Å². The molecule has 0 saturated carbocycles. The first-order valence-electron chi connectivity index (χ1n) is 7.21. The van der Waals surface area contributed by atoms with Gasteiger partial charge in [0.05, 0.1) is 6.54 Å². The van der Waals surface area contributed by atoms with Crippen LogP contribution in [0.4, 0.5) is 0 Å². The molecule has 6 heteroatoms. The minimum absolute atomic E-state index is 0.0379. The van der Waals surface area contributed by atoms with E-state index in [4.69, 9.17) is 5.84 Å². The maximum Gasteiger partial charge on any atom is 0.237 e. The Labute approximate surface area is 114 Å². The molecule has 2 aliphatic heterocycles. The number of nitrogens with one attached hydrogen (secondary N) is 1. The minimum atomic E-state index is -0.108. The Balaban J connectivity index is 1.74. The fourth-order valence-electron chi connectivity index (χ4n) is 2.92.